The Kier molecular flexibility index (Phi) is 5.40. The molecule has 5 heteroatoms. The van der Waals surface area contributed by atoms with Gasteiger partial charge in [0.05, 0.1) is 4.47 Å². The van der Waals surface area contributed by atoms with Gasteiger partial charge in [0, 0.05) is 23.2 Å². The highest BCUT2D eigenvalue weighted by atomic mass is 79.9. The van der Waals surface area contributed by atoms with Crippen LogP contribution in [0.2, 0.25) is 5.02 Å². The predicted molar refractivity (Wildman–Crippen MR) is 83.0 cm³/mol. The van der Waals surface area contributed by atoms with Crippen LogP contribution in [0.3, 0.4) is 0 Å². The van der Waals surface area contributed by atoms with Crippen LogP contribution in [-0.4, -0.2) is 6.54 Å². The fourth-order valence-electron chi connectivity index (χ4n) is 1.72. The molecule has 0 amide bonds. The second-order valence-electron chi connectivity index (χ2n) is 4.17. The van der Waals surface area contributed by atoms with E-state index < -0.39 is 0 Å². The summed E-state index contributed by atoms with van der Waals surface area (Å²) in [6, 6.07) is 10.1. The van der Waals surface area contributed by atoms with Crippen molar-refractivity contribution in [1.82, 2.24) is 5.32 Å². The average Bonchev–Trinajstić information content (AvgIpc) is 2.42. The summed E-state index contributed by atoms with van der Waals surface area (Å²) in [5.41, 5.74) is 0.861. The van der Waals surface area contributed by atoms with E-state index >= 15 is 0 Å². The van der Waals surface area contributed by atoms with Crippen molar-refractivity contribution in [3.8, 4) is 11.5 Å². The zero-order valence-corrected chi connectivity index (χ0v) is 13.3. The molecule has 1 N–H and O–H groups in total. The minimum atomic E-state index is -0.363. The van der Waals surface area contributed by atoms with Gasteiger partial charge in [0.15, 0.2) is 0 Å². The fraction of sp³-hybridized carbons (Fsp3) is 0.200. The third-order valence-corrected chi connectivity index (χ3v) is 3.74. The standard InChI is InChI=1S/C15H14BrClFNO/c1-2-19-9-11-13(17)4-3-5-15(11)20-10-6-7-12(16)14(18)8-10/h3-8,19H,2,9H2,1H3. The maximum atomic E-state index is 13.5. The summed E-state index contributed by atoms with van der Waals surface area (Å²) in [7, 11) is 0. The maximum Gasteiger partial charge on any atom is 0.141 e. The summed E-state index contributed by atoms with van der Waals surface area (Å²) in [6.07, 6.45) is 0. The Labute approximate surface area is 131 Å². The Hall–Kier alpha value is -1.10. The molecule has 0 aliphatic rings. The van der Waals surface area contributed by atoms with Gasteiger partial charge in [-0.15, -0.1) is 0 Å². The fourth-order valence-corrected chi connectivity index (χ4v) is 2.20. The Morgan fingerprint density at radius 3 is 2.80 bits per heavy atom. The quantitative estimate of drug-likeness (QED) is 0.798. The Morgan fingerprint density at radius 2 is 2.10 bits per heavy atom. The molecule has 2 aromatic carbocycles. The number of rotatable bonds is 5. The van der Waals surface area contributed by atoms with Crippen molar-refractivity contribution in [2.75, 3.05) is 6.54 Å². The van der Waals surface area contributed by atoms with E-state index in [4.69, 9.17) is 16.3 Å². The first-order valence-electron chi connectivity index (χ1n) is 6.23. The van der Waals surface area contributed by atoms with Crippen LogP contribution in [0.5, 0.6) is 11.5 Å². The van der Waals surface area contributed by atoms with Crippen LogP contribution in [0.1, 0.15) is 12.5 Å². The number of hydrogen-bond donors (Lipinski definition) is 1. The number of benzene rings is 2. The molecule has 0 saturated heterocycles. The lowest BCUT2D eigenvalue weighted by molar-refractivity contribution is 0.467. The van der Waals surface area contributed by atoms with Gasteiger partial charge in [-0.1, -0.05) is 24.6 Å². The molecule has 0 bridgehead atoms. The van der Waals surface area contributed by atoms with Crippen molar-refractivity contribution in [3.63, 3.8) is 0 Å². The van der Waals surface area contributed by atoms with E-state index in [-0.39, 0.29) is 5.82 Å². The van der Waals surface area contributed by atoms with Gasteiger partial charge in [-0.2, -0.15) is 0 Å². The van der Waals surface area contributed by atoms with Crippen molar-refractivity contribution >= 4 is 27.5 Å². The molecule has 0 spiro atoms. The smallest absolute Gasteiger partial charge is 0.141 e. The normalized spacial score (nSPS) is 10.6. The molecule has 20 heavy (non-hydrogen) atoms. The third kappa shape index (κ3) is 3.72. The summed E-state index contributed by atoms with van der Waals surface area (Å²) in [4.78, 5) is 0. The summed E-state index contributed by atoms with van der Waals surface area (Å²) in [5, 5.41) is 3.83. The molecule has 0 saturated carbocycles. The highest BCUT2D eigenvalue weighted by molar-refractivity contribution is 9.10. The van der Waals surface area contributed by atoms with E-state index in [1.807, 2.05) is 25.1 Å². The lowest BCUT2D eigenvalue weighted by atomic mass is 10.2. The summed E-state index contributed by atoms with van der Waals surface area (Å²) in [6.45, 7) is 3.45. The van der Waals surface area contributed by atoms with Crippen LogP contribution >= 0.6 is 27.5 Å². The predicted octanol–water partition coefficient (Wildman–Crippen LogP) is 5.14. The first-order chi connectivity index (χ1) is 9.61. The van der Waals surface area contributed by atoms with E-state index in [1.165, 1.54) is 6.07 Å². The van der Waals surface area contributed by atoms with Crippen LogP contribution in [0.4, 0.5) is 4.39 Å². The van der Waals surface area contributed by atoms with E-state index in [9.17, 15) is 4.39 Å². The van der Waals surface area contributed by atoms with E-state index in [2.05, 4.69) is 21.2 Å². The molecule has 2 nitrogen and oxygen atoms in total. The molecule has 2 rings (SSSR count). The lowest BCUT2D eigenvalue weighted by Gasteiger charge is -2.13. The third-order valence-electron chi connectivity index (χ3n) is 2.75. The van der Waals surface area contributed by atoms with Gasteiger partial charge in [0.1, 0.15) is 17.3 Å². The number of hydrogen-bond acceptors (Lipinski definition) is 2. The lowest BCUT2D eigenvalue weighted by Crippen LogP contribution is -2.12. The average molecular weight is 359 g/mol. The Morgan fingerprint density at radius 1 is 1.30 bits per heavy atom. The Balaban J connectivity index is 2.28. The Bertz CT molecular complexity index is 606. The zero-order valence-electron chi connectivity index (χ0n) is 10.9. The second kappa shape index (κ2) is 7.07. The molecule has 0 aliphatic carbocycles. The van der Waals surface area contributed by atoms with Gasteiger partial charge in [-0.05, 0) is 46.7 Å². The molecule has 0 aromatic heterocycles. The highest BCUT2D eigenvalue weighted by Gasteiger charge is 2.10. The maximum absolute atomic E-state index is 13.5. The molecule has 0 heterocycles. The molecule has 0 fully saturated rings. The number of halogens is 3. The SMILES string of the molecule is CCNCc1c(Cl)cccc1Oc1ccc(Br)c(F)c1. The summed E-state index contributed by atoms with van der Waals surface area (Å²) < 4.78 is 19.6. The summed E-state index contributed by atoms with van der Waals surface area (Å²) >= 11 is 9.30. The van der Waals surface area contributed by atoms with Crippen molar-refractivity contribution in [1.29, 1.82) is 0 Å². The minimum absolute atomic E-state index is 0.363. The minimum Gasteiger partial charge on any atom is -0.457 e. The van der Waals surface area contributed by atoms with Crippen molar-refractivity contribution in [2.45, 2.75) is 13.5 Å². The molecule has 106 valence electrons. The van der Waals surface area contributed by atoms with Gasteiger partial charge >= 0.3 is 0 Å². The number of nitrogens with one attached hydrogen (secondary N) is 1. The second-order valence-corrected chi connectivity index (χ2v) is 5.44. The molecular formula is C15H14BrClFNO. The topological polar surface area (TPSA) is 21.3 Å². The highest BCUT2D eigenvalue weighted by Crippen LogP contribution is 2.31. The van der Waals surface area contributed by atoms with Crippen LogP contribution in [0.25, 0.3) is 0 Å². The first kappa shape index (κ1) is 15.3. The van der Waals surface area contributed by atoms with E-state index in [0.717, 1.165) is 12.1 Å². The zero-order chi connectivity index (χ0) is 14.5. The van der Waals surface area contributed by atoms with E-state index in [1.54, 1.807) is 12.1 Å². The molecule has 0 unspecified atom stereocenters. The molecule has 0 radical (unpaired) electrons. The first-order valence-corrected chi connectivity index (χ1v) is 7.40. The van der Waals surface area contributed by atoms with Crippen molar-refractivity contribution in [2.24, 2.45) is 0 Å². The monoisotopic (exact) mass is 357 g/mol. The molecular weight excluding hydrogens is 345 g/mol. The van der Waals surface area contributed by atoms with Gasteiger partial charge in [0.2, 0.25) is 0 Å². The van der Waals surface area contributed by atoms with Crippen molar-refractivity contribution in [3.05, 3.63) is 57.3 Å². The largest absolute Gasteiger partial charge is 0.457 e. The van der Waals surface area contributed by atoms with Crippen LogP contribution in [0, 0.1) is 5.82 Å². The molecule has 2 aromatic rings. The molecule has 0 aliphatic heterocycles. The van der Waals surface area contributed by atoms with Crippen molar-refractivity contribution < 1.29 is 9.13 Å². The van der Waals surface area contributed by atoms with Crippen LogP contribution in [-0.2, 0) is 6.54 Å². The van der Waals surface area contributed by atoms with Crippen LogP contribution in [0.15, 0.2) is 40.9 Å². The van der Waals surface area contributed by atoms with Gasteiger partial charge in [-0.3, -0.25) is 0 Å². The van der Waals surface area contributed by atoms with Crippen LogP contribution < -0.4 is 10.1 Å². The summed E-state index contributed by atoms with van der Waals surface area (Å²) in [5.74, 6) is 0.698. The van der Waals surface area contributed by atoms with Gasteiger partial charge in [0.25, 0.3) is 0 Å². The van der Waals surface area contributed by atoms with Gasteiger partial charge < -0.3 is 10.1 Å². The number of ether oxygens (including phenoxy) is 1. The van der Waals surface area contributed by atoms with E-state index in [0.29, 0.717) is 27.5 Å². The molecule has 0 atom stereocenters. The van der Waals surface area contributed by atoms with Gasteiger partial charge in [-0.25, -0.2) is 4.39 Å².